The quantitative estimate of drug-likeness (QED) is 0.0757. The van der Waals surface area contributed by atoms with Crippen molar-refractivity contribution in [2.24, 2.45) is 0 Å². The topological polar surface area (TPSA) is 0 Å². The number of fused-ring (bicyclic) bond motifs is 19. The van der Waals surface area contributed by atoms with Gasteiger partial charge in [0.1, 0.15) is 0 Å². The minimum atomic E-state index is -2.07. The van der Waals surface area contributed by atoms with E-state index in [-0.39, 0.29) is 0 Å². The molecule has 0 aromatic carbocycles. The third-order valence-corrected chi connectivity index (χ3v) is 824. The molecule has 8 fully saturated rings. The van der Waals surface area contributed by atoms with Crippen molar-refractivity contribution in [3.8, 4) is 0 Å². The average Bonchev–Trinajstić information content (AvgIpc) is 0.501. The molecule has 0 saturated carbocycles. The van der Waals surface area contributed by atoms with Crippen LogP contribution in [0.1, 0.15) is 371 Å². The average molecular weight is 1600 g/mol. The van der Waals surface area contributed by atoms with Gasteiger partial charge in [0.15, 0.2) is 0 Å². The summed E-state index contributed by atoms with van der Waals surface area (Å²) in [6.07, 6.45) is 8.15. The van der Waals surface area contributed by atoms with Gasteiger partial charge in [-0.3, -0.25) is 0 Å². The second kappa shape index (κ2) is 26.4. The molecule has 8 heterocycles. The smallest absolute Gasteiger partial charge is 0.0400 e. The molecule has 8 aliphatic rings. The Morgan fingerprint density at radius 3 is 0.234 bits per heavy atom. The van der Waals surface area contributed by atoms with Crippen LogP contribution in [0, 0.1) is 0 Å². The predicted octanol–water partition coefficient (Wildman–Crippen LogP) is 27.5. The van der Waals surface area contributed by atoms with Gasteiger partial charge in [-0.1, -0.05) is 493 Å². The second-order valence-corrected chi connectivity index (χ2v) is 286. The van der Waals surface area contributed by atoms with Crippen LogP contribution in [0.4, 0.5) is 0 Å². The Labute approximate surface area is 608 Å². The van der Waals surface area contributed by atoms with Crippen LogP contribution in [-0.2, 0) is 0 Å². The van der Waals surface area contributed by atoms with Crippen LogP contribution in [0.3, 0.4) is 0 Å². The van der Waals surface area contributed by atoms with Crippen LogP contribution in [0.15, 0.2) is 0 Å². The van der Waals surface area contributed by atoms with Crippen LogP contribution in [0.5, 0.6) is 0 Å². The number of rotatable bonds is 26. The number of hydrogen-bond acceptors (Lipinski definition) is 0. The predicted molar refractivity (Wildman–Crippen MR) is 486 cm³/mol. The van der Waals surface area contributed by atoms with E-state index in [1.54, 1.807) is 0 Å². The molecule has 0 aromatic heterocycles. The third kappa shape index (κ3) is 6.49. The summed E-state index contributed by atoms with van der Waals surface area (Å²) in [5.41, 5.74) is 23.5. The first-order valence-electron chi connectivity index (χ1n) is 42.8. The Balaban J connectivity index is 0.00000130. The molecular formula is C76H178Si18. The Morgan fingerprint density at radius 1 is 0.117 bits per heavy atom. The maximum absolute atomic E-state index is 3.36. The fourth-order valence-corrected chi connectivity index (χ4v) is 2170. The first-order valence-corrected chi connectivity index (χ1v) is 106. The molecule has 0 amide bonds. The molecule has 0 aliphatic carbocycles. The van der Waals surface area contributed by atoms with Gasteiger partial charge >= 0.3 is 0 Å². The maximum atomic E-state index is 3.36. The van der Waals surface area contributed by atoms with Crippen LogP contribution in [-0.4, -0.2) is 121 Å². The van der Waals surface area contributed by atoms with Crippen molar-refractivity contribution in [1.82, 2.24) is 0 Å². The lowest BCUT2D eigenvalue weighted by atomic mass is 10.3. The minimum Gasteiger partial charge on any atom is -0.0659 e. The van der Waals surface area contributed by atoms with E-state index in [9.17, 15) is 0 Å². The second-order valence-electron chi connectivity index (χ2n) is 42.9. The zero-order chi connectivity index (χ0) is 73.9. The van der Waals surface area contributed by atoms with E-state index in [4.69, 9.17) is 0 Å². The molecule has 8 saturated heterocycles. The highest BCUT2D eigenvalue weighted by Gasteiger charge is 3.34. The molecule has 0 N–H and O–H groups in total. The minimum absolute atomic E-state index is 1.01. The van der Waals surface area contributed by atoms with Crippen LogP contribution >= 0.6 is 0 Å². The van der Waals surface area contributed by atoms with E-state index in [1.165, 1.54) is 38.5 Å². The van der Waals surface area contributed by atoms with Crippen molar-refractivity contribution in [1.29, 1.82) is 0 Å². The van der Waals surface area contributed by atoms with Gasteiger partial charge in [0.05, 0.1) is 0 Å². The van der Waals surface area contributed by atoms with Crippen molar-refractivity contribution in [3.05, 3.63) is 0 Å². The lowest BCUT2D eigenvalue weighted by Crippen LogP contribution is -3.60. The highest BCUT2D eigenvalue weighted by Crippen LogP contribution is 3.07. The molecule has 18 heteroatoms. The lowest BCUT2D eigenvalue weighted by Gasteiger charge is -3.28. The summed E-state index contributed by atoms with van der Waals surface area (Å²) in [6.45, 7) is 123. The van der Waals surface area contributed by atoms with Gasteiger partial charge < -0.3 is 0 Å². The third-order valence-electron chi connectivity index (χ3n) is 36.6. The number of unbranched alkanes of at least 4 members (excludes halogenated alkanes) is 4. The Hall–Kier alpha value is 3.90. The highest BCUT2D eigenvalue weighted by molar-refractivity contribution is 8.86. The van der Waals surface area contributed by atoms with Gasteiger partial charge in [-0.25, -0.2) is 0 Å². The van der Waals surface area contributed by atoms with Crippen LogP contribution in [0.25, 0.3) is 0 Å². The molecule has 554 valence electrons. The summed E-state index contributed by atoms with van der Waals surface area (Å²) >= 11 is 0. The van der Waals surface area contributed by atoms with Crippen molar-refractivity contribution in [2.75, 3.05) is 0 Å². The molecule has 14 atom stereocenters. The standard InChI is InChI=1S/C66H154Si18.2C5H12/c1-45(2)67(46(3)4)68(47(5)6,48(7)8)72(54(19)20)71(67,53(17)18)75(57(25)26)76(72,58(27)28)80(62(35)36)79(75,61(33)34)83(65(41)42)81(63(37)38)77(59(29)30)73(55(21)22)69(49(9)10,50(11)12)70(51(13)14,52(15)16)74(73,56(23)24)78(77,60(31)32)82(81,64(39)40)84(80,83)66(43)44;2*1-3-5-4-2/h45-66H,1-44H3;2*3-5H2,1-2H3/t71-,72+,73+,74-,75+,76-,77-,78+,79-,80+,81+,82-,83?,84?;;. The normalized spacial score (nSPS) is 41.3. The van der Waals surface area contributed by atoms with Gasteiger partial charge in [0.25, 0.3) is 0 Å². The molecule has 94 heavy (non-hydrogen) atoms. The van der Waals surface area contributed by atoms with Crippen molar-refractivity contribution >= 4 is 121 Å². The maximum Gasteiger partial charge on any atom is 0.0400 e. The zero-order valence-corrected chi connectivity index (χ0v) is 91.9. The zero-order valence-electron chi connectivity index (χ0n) is 73.9. The molecule has 0 radical (unpaired) electrons. The van der Waals surface area contributed by atoms with E-state index >= 15 is 0 Å². The monoisotopic (exact) mass is 1590 g/mol. The fourth-order valence-electron chi connectivity index (χ4n) is 44.0. The number of hydrogen-bond donors (Lipinski definition) is 0. The Kier molecular flexibility index (Phi) is 24.3. The van der Waals surface area contributed by atoms with Gasteiger partial charge in [-0.05, 0) is 0 Å². The van der Waals surface area contributed by atoms with Crippen molar-refractivity contribution in [2.45, 2.75) is 493 Å². The highest BCUT2D eigenvalue weighted by atomic mass is 31.1. The molecule has 8 rings (SSSR count). The first kappa shape index (κ1) is 86.8. The van der Waals surface area contributed by atoms with Gasteiger partial charge in [-0.15, -0.1) is 0 Å². The largest absolute Gasteiger partial charge is 0.0659 e. The van der Waals surface area contributed by atoms with Gasteiger partial charge in [0, 0.05) is 121 Å². The molecule has 2 unspecified atom stereocenters. The molecular weight excluding hydrogens is 1420 g/mol. The lowest BCUT2D eigenvalue weighted by molar-refractivity contribution is 0.772. The molecule has 0 spiro atoms. The Bertz CT molecular complexity index is 2330. The van der Waals surface area contributed by atoms with Crippen LogP contribution < -0.4 is 0 Å². The molecule has 8 aliphatic heterocycles. The fraction of sp³-hybridized carbons (Fsp3) is 1.00. The van der Waals surface area contributed by atoms with Crippen LogP contribution in [0.2, 0.25) is 122 Å². The van der Waals surface area contributed by atoms with E-state index in [0.717, 1.165) is 122 Å². The van der Waals surface area contributed by atoms with Crippen molar-refractivity contribution < 1.29 is 0 Å². The Morgan fingerprint density at radius 2 is 0.191 bits per heavy atom. The van der Waals surface area contributed by atoms with E-state index in [2.05, 4.69) is 332 Å². The van der Waals surface area contributed by atoms with E-state index in [1.807, 2.05) is 0 Å². The summed E-state index contributed by atoms with van der Waals surface area (Å²) in [5, 5.41) is 0. The van der Waals surface area contributed by atoms with E-state index in [0.29, 0.717) is 0 Å². The van der Waals surface area contributed by atoms with Gasteiger partial charge in [-0.2, -0.15) is 0 Å². The summed E-state index contributed by atoms with van der Waals surface area (Å²) in [7, 11) is -7.70. The summed E-state index contributed by atoms with van der Waals surface area (Å²) < 4.78 is 0. The van der Waals surface area contributed by atoms with Gasteiger partial charge in [0.2, 0.25) is 0 Å². The summed E-state index contributed by atoms with van der Waals surface area (Å²) in [6, 6.07) is 0. The summed E-state index contributed by atoms with van der Waals surface area (Å²) in [4.78, 5) is 0. The summed E-state index contributed by atoms with van der Waals surface area (Å²) in [5.74, 6) is 0. The molecule has 0 bridgehead atoms. The SMILES string of the molecule is CC(C)[Si]1(C(C)C)[Si](C(C)C)(C(C)C)[Si@]2(C(C)C)[Si@@]1(C(C)C)[Si@@]1(C(C)C)[Si@]3(C(C)C)[Si]4(C(C)C)[Si](C(C)C)([Si@]3(C(C)C)[Si@@]21C(C)C)[Si@]1(C(C)C)[Si@@]4(C(C)C)[Si@@]2(C(C)C)[Si@]3(C(C)C)[Si](C(C)C)(C(C)C)[Si](C(C)C)(C(C)C)[Si@]3(C(C)C)[Si@@]12C(C)C.CCCCC.CCCCC. The molecule has 0 nitrogen and oxygen atoms in total. The van der Waals surface area contributed by atoms with Crippen molar-refractivity contribution in [3.63, 3.8) is 0 Å². The first-order chi connectivity index (χ1) is 42.8. The molecule has 0 aromatic rings. The van der Waals surface area contributed by atoms with E-state index < -0.39 is 121 Å².